The maximum atomic E-state index is 5.55. The average Bonchev–Trinajstić information content (AvgIpc) is 3.17. The molecule has 1 aromatic carbocycles. The van der Waals surface area contributed by atoms with Crippen molar-refractivity contribution in [3.8, 4) is 28.7 Å². The van der Waals surface area contributed by atoms with E-state index in [-0.39, 0.29) is 0 Å². The minimum absolute atomic E-state index is 0.391. The molecule has 21 heavy (non-hydrogen) atoms. The molecule has 2 aromatic heterocycles. The van der Waals surface area contributed by atoms with Gasteiger partial charge in [-0.3, -0.25) is 0 Å². The summed E-state index contributed by atoms with van der Waals surface area (Å²) in [5, 5.41) is 6.68. The lowest BCUT2D eigenvalue weighted by molar-refractivity contribution is 0.340. The molecule has 2 heterocycles. The summed E-state index contributed by atoms with van der Waals surface area (Å²) in [5.74, 6) is 1.68. The Hall–Kier alpha value is -2.25. The summed E-state index contributed by atoms with van der Waals surface area (Å²) in [7, 11) is 0. The molecule has 0 fully saturated rings. The molecule has 2 N–H and O–H groups in total. The highest BCUT2D eigenvalue weighted by molar-refractivity contribution is 7.09. The number of ether oxygens (including phenoxy) is 1. The molecule has 3 aromatic rings. The highest BCUT2D eigenvalue weighted by Gasteiger charge is 2.13. The second-order valence-corrected chi connectivity index (χ2v) is 5.16. The smallest absolute Gasteiger partial charge is 0.277 e. The van der Waals surface area contributed by atoms with Crippen LogP contribution >= 0.6 is 11.3 Å². The van der Waals surface area contributed by atoms with Crippen LogP contribution in [0.4, 0.5) is 0 Å². The van der Waals surface area contributed by atoms with Crippen LogP contribution in [0.25, 0.3) is 23.0 Å². The fraction of sp³-hybridized carbons (Fsp3) is 0.214. The van der Waals surface area contributed by atoms with Gasteiger partial charge in [-0.1, -0.05) is 17.3 Å². The summed E-state index contributed by atoms with van der Waals surface area (Å²) in [5.41, 5.74) is 7.04. The van der Waals surface area contributed by atoms with Crippen molar-refractivity contribution in [1.29, 1.82) is 0 Å². The third-order valence-corrected chi connectivity index (χ3v) is 3.65. The lowest BCUT2D eigenvalue weighted by Crippen LogP contribution is -1.94. The van der Waals surface area contributed by atoms with Crippen LogP contribution in [-0.2, 0) is 6.54 Å². The minimum atomic E-state index is 0.391. The molecule has 0 aliphatic carbocycles. The second-order valence-electron chi connectivity index (χ2n) is 4.21. The van der Waals surface area contributed by atoms with Gasteiger partial charge in [-0.05, 0) is 19.1 Å². The molecule has 0 atom stereocenters. The number of nitrogens with two attached hydrogens (primary N) is 1. The van der Waals surface area contributed by atoms with Crippen molar-refractivity contribution >= 4 is 11.3 Å². The van der Waals surface area contributed by atoms with Crippen LogP contribution in [0.15, 0.2) is 34.2 Å². The van der Waals surface area contributed by atoms with E-state index >= 15 is 0 Å². The quantitative estimate of drug-likeness (QED) is 0.779. The third kappa shape index (κ3) is 2.93. The molecule has 0 aliphatic rings. The number of benzene rings is 1. The maximum Gasteiger partial charge on any atom is 0.277 e. The van der Waals surface area contributed by atoms with E-state index < -0.39 is 0 Å². The van der Waals surface area contributed by atoms with Crippen LogP contribution in [0, 0.1) is 0 Å². The van der Waals surface area contributed by atoms with Gasteiger partial charge in [0.1, 0.15) is 16.5 Å². The van der Waals surface area contributed by atoms with Crippen LogP contribution in [0.2, 0.25) is 0 Å². The second kappa shape index (κ2) is 6.02. The molecule has 108 valence electrons. The van der Waals surface area contributed by atoms with Gasteiger partial charge < -0.3 is 15.0 Å². The van der Waals surface area contributed by atoms with Crippen molar-refractivity contribution in [1.82, 2.24) is 15.1 Å². The molecule has 0 spiro atoms. The lowest BCUT2D eigenvalue weighted by Gasteiger charge is -2.02. The van der Waals surface area contributed by atoms with E-state index in [1.165, 1.54) is 11.3 Å². The molecular formula is C14H14N4O2S. The summed E-state index contributed by atoms with van der Waals surface area (Å²) >= 11 is 1.47. The first-order chi connectivity index (χ1) is 10.3. The first kappa shape index (κ1) is 13.7. The van der Waals surface area contributed by atoms with Crippen LogP contribution in [0.1, 0.15) is 11.9 Å². The normalized spacial score (nSPS) is 10.8. The van der Waals surface area contributed by atoms with E-state index in [4.69, 9.17) is 15.0 Å². The molecule has 0 radical (unpaired) electrons. The Balaban J connectivity index is 1.89. The zero-order chi connectivity index (χ0) is 14.7. The highest BCUT2D eigenvalue weighted by atomic mass is 32.1. The standard InChI is InChI=1S/C14H14N4O2S/c1-2-19-10-5-3-4-9(6-10)13-17-14(20-18-13)11-8-21-12(7-15)16-11/h3-6,8H,2,7,15H2,1H3. The Labute approximate surface area is 125 Å². The Kier molecular flexibility index (Phi) is 3.94. The van der Waals surface area contributed by atoms with Crippen molar-refractivity contribution in [2.24, 2.45) is 5.73 Å². The van der Waals surface area contributed by atoms with Crippen molar-refractivity contribution in [2.75, 3.05) is 6.61 Å². The van der Waals surface area contributed by atoms with Gasteiger partial charge in [-0.25, -0.2) is 4.98 Å². The van der Waals surface area contributed by atoms with E-state index in [0.717, 1.165) is 16.3 Å². The number of aromatic nitrogens is 3. The minimum Gasteiger partial charge on any atom is -0.494 e. The Morgan fingerprint density at radius 3 is 3.00 bits per heavy atom. The van der Waals surface area contributed by atoms with Gasteiger partial charge in [0, 0.05) is 17.5 Å². The van der Waals surface area contributed by atoms with Crippen LogP contribution < -0.4 is 10.5 Å². The predicted octanol–water partition coefficient (Wildman–Crippen LogP) is 2.72. The first-order valence-electron chi connectivity index (χ1n) is 6.52. The number of nitrogens with zero attached hydrogens (tertiary/aromatic N) is 3. The zero-order valence-corrected chi connectivity index (χ0v) is 12.3. The zero-order valence-electron chi connectivity index (χ0n) is 11.4. The van der Waals surface area contributed by atoms with Crippen molar-refractivity contribution < 1.29 is 9.26 Å². The van der Waals surface area contributed by atoms with Crippen LogP contribution in [0.3, 0.4) is 0 Å². The highest BCUT2D eigenvalue weighted by Crippen LogP contribution is 2.25. The Bertz CT molecular complexity index is 738. The molecule has 0 saturated carbocycles. The average molecular weight is 302 g/mol. The molecule has 6 nitrogen and oxygen atoms in total. The Morgan fingerprint density at radius 1 is 1.33 bits per heavy atom. The summed E-state index contributed by atoms with van der Waals surface area (Å²) in [4.78, 5) is 8.70. The molecule has 3 rings (SSSR count). The summed E-state index contributed by atoms with van der Waals surface area (Å²) < 4.78 is 10.7. The van der Waals surface area contributed by atoms with E-state index in [0.29, 0.717) is 30.6 Å². The van der Waals surface area contributed by atoms with E-state index in [9.17, 15) is 0 Å². The fourth-order valence-electron chi connectivity index (χ4n) is 1.84. The lowest BCUT2D eigenvalue weighted by atomic mass is 10.2. The first-order valence-corrected chi connectivity index (χ1v) is 7.40. The summed E-state index contributed by atoms with van der Waals surface area (Å²) in [6.07, 6.45) is 0. The van der Waals surface area contributed by atoms with Crippen LogP contribution in [0.5, 0.6) is 5.75 Å². The number of thiazole rings is 1. The molecule has 0 amide bonds. The topological polar surface area (TPSA) is 87.1 Å². The van der Waals surface area contributed by atoms with Gasteiger partial charge in [0.2, 0.25) is 5.82 Å². The summed E-state index contributed by atoms with van der Waals surface area (Å²) in [6.45, 7) is 2.96. The monoisotopic (exact) mass is 302 g/mol. The van der Waals surface area contributed by atoms with Gasteiger partial charge >= 0.3 is 0 Å². The number of rotatable bonds is 5. The van der Waals surface area contributed by atoms with E-state index in [2.05, 4.69) is 15.1 Å². The van der Waals surface area contributed by atoms with E-state index in [1.807, 2.05) is 36.6 Å². The van der Waals surface area contributed by atoms with Gasteiger partial charge in [-0.15, -0.1) is 11.3 Å². The molecule has 0 bridgehead atoms. The molecular weight excluding hydrogens is 288 g/mol. The predicted molar refractivity (Wildman–Crippen MR) is 79.9 cm³/mol. The summed E-state index contributed by atoms with van der Waals surface area (Å²) in [6, 6.07) is 7.57. The van der Waals surface area contributed by atoms with Gasteiger partial charge in [0.05, 0.1) is 6.61 Å². The van der Waals surface area contributed by atoms with Crippen molar-refractivity contribution in [2.45, 2.75) is 13.5 Å². The number of hydrogen-bond donors (Lipinski definition) is 1. The molecule has 0 unspecified atom stereocenters. The molecule has 0 saturated heterocycles. The fourth-order valence-corrected chi connectivity index (χ4v) is 2.49. The molecule has 0 aliphatic heterocycles. The van der Waals surface area contributed by atoms with Crippen LogP contribution in [-0.4, -0.2) is 21.7 Å². The van der Waals surface area contributed by atoms with Crippen molar-refractivity contribution in [3.63, 3.8) is 0 Å². The van der Waals surface area contributed by atoms with Gasteiger partial charge in [-0.2, -0.15) is 4.98 Å². The number of hydrogen-bond acceptors (Lipinski definition) is 7. The maximum absolute atomic E-state index is 5.55. The Morgan fingerprint density at radius 2 is 2.24 bits per heavy atom. The molecule has 7 heteroatoms. The van der Waals surface area contributed by atoms with Crippen molar-refractivity contribution in [3.05, 3.63) is 34.7 Å². The SMILES string of the molecule is CCOc1cccc(-c2noc(-c3csc(CN)n3)n2)c1. The van der Waals surface area contributed by atoms with E-state index in [1.54, 1.807) is 0 Å². The largest absolute Gasteiger partial charge is 0.494 e. The van der Waals surface area contributed by atoms with Gasteiger partial charge in [0.25, 0.3) is 5.89 Å². The third-order valence-electron chi connectivity index (χ3n) is 2.77. The van der Waals surface area contributed by atoms with Gasteiger partial charge in [0.15, 0.2) is 0 Å².